The molecular weight excluding hydrogens is 240 g/mol. The molecule has 0 saturated heterocycles. The molecule has 0 saturated carbocycles. The first kappa shape index (κ1) is 15.0. The smallest absolute Gasteiger partial charge is 0.133 e. The summed E-state index contributed by atoms with van der Waals surface area (Å²) in [5.41, 5.74) is 0.443. The molecule has 0 aromatic heterocycles. The van der Waals surface area contributed by atoms with E-state index in [0.717, 1.165) is 0 Å². The third-order valence-corrected chi connectivity index (χ3v) is 2.73. The lowest BCUT2D eigenvalue weighted by molar-refractivity contribution is 0.0586. The number of hydrogen-bond donors (Lipinski definition) is 1. The maximum atomic E-state index is 13.9. The molecule has 0 aliphatic heterocycles. The molecule has 1 unspecified atom stereocenters. The Hall–Kier alpha value is -1.04. The summed E-state index contributed by atoms with van der Waals surface area (Å²) in [6.45, 7) is 2.65. The van der Waals surface area contributed by atoms with Crippen molar-refractivity contribution in [1.82, 2.24) is 5.32 Å². The largest absolute Gasteiger partial charge is 0.382 e. The Morgan fingerprint density at radius 1 is 1.28 bits per heavy atom. The first-order valence-corrected chi connectivity index (χ1v) is 5.80. The first-order chi connectivity index (χ1) is 8.61. The second-order valence-electron chi connectivity index (χ2n) is 4.00. The Bertz CT molecular complexity index is 385. The molecule has 18 heavy (non-hydrogen) atoms. The molecule has 5 heteroatoms. The van der Waals surface area contributed by atoms with Gasteiger partial charge >= 0.3 is 0 Å². The Morgan fingerprint density at radius 3 is 2.61 bits per heavy atom. The van der Waals surface area contributed by atoms with Gasteiger partial charge in [0.1, 0.15) is 11.6 Å². The van der Waals surface area contributed by atoms with Crippen LogP contribution >= 0.6 is 0 Å². The third-order valence-electron chi connectivity index (χ3n) is 2.73. The number of benzene rings is 1. The third kappa shape index (κ3) is 3.73. The van der Waals surface area contributed by atoms with Crippen LogP contribution in [0.3, 0.4) is 0 Å². The molecule has 1 aromatic rings. The highest BCUT2D eigenvalue weighted by Crippen LogP contribution is 2.23. The average Bonchev–Trinajstić information content (AvgIpc) is 2.37. The van der Waals surface area contributed by atoms with Crippen LogP contribution in [-0.2, 0) is 9.47 Å². The summed E-state index contributed by atoms with van der Waals surface area (Å²) < 4.78 is 37.7. The lowest BCUT2D eigenvalue weighted by atomic mass is 10.0. The minimum absolute atomic E-state index is 0.0231. The van der Waals surface area contributed by atoms with Crippen molar-refractivity contribution in [2.45, 2.75) is 13.0 Å². The predicted octanol–water partition coefficient (Wildman–Crippen LogP) is 2.20. The lowest BCUT2D eigenvalue weighted by Gasteiger charge is -2.19. The molecule has 0 fully saturated rings. The molecule has 1 N–H and O–H groups in total. The fourth-order valence-electron chi connectivity index (χ4n) is 1.65. The Kier molecular flexibility index (Phi) is 6.18. The normalized spacial score (nSPS) is 12.7. The number of nitrogens with one attached hydrogen (secondary N) is 1. The standard InChI is InChI=1S/C13H19F2NO2/c1-9-4-5-10(14)12(13(9)15)11(16-2)8-18-7-6-17-3/h4-5,11,16H,6-8H2,1-3H3. The molecule has 0 radical (unpaired) electrons. The molecule has 3 nitrogen and oxygen atoms in total. The van der Waals surface area contributed by atoms with E-state index < -0.39 is 17.7 Å². The molecule has 0 aliphatic rings. The number of methoxy groups -OCH3 is 1. The molecule has 1 atom stereocenters. The summed E-state index contributed by atoms with van der Waals surface area (Å²) in [7, 11) is 3.21. The van der Waals surface area contributed by atoms with Crippen molar-refractivity contribution >= 4 is 0 Å². The SMILES string of the molecule is CNC(COCCOC)c1c(F)ccc(C)c1F. The lowest BCUT2D eigenvalue weighted by Crippen LogP contribution is -2.25. The van der Waals surface area contributed by atoms with E-state index in [-0.39, 0.29) is 12.2 Å². The summed E-state index contributed by atoms with van der Waals surface area (Å²) in [4.78, 5) is 0. The highest BCUT2D eigenvalue weighted by atomic mass is 19.1. The number of hydrogen-bond acceptors (Lipinski definition) is 3. The van der Waals surface area contributed by atoms with Gasteiger partial charge in [-0.05, 0) is 25.6 Å². The summed E-state index contributed by atoms with van der Waals surface area (Å²) >= 11 is 0. The van der Waals surface area contributed by atoms with E-state index in [2.05, 4.69) is 5.32 Å². The van der Waals surface area contributed by atoms with Gasteiger partial charge in [-0.15, -0.1) is 0 Å². The van der Waals surface area contributed by atoms with E-state index in [1.165, 1.54) is 12.1 Å². The Balaban J connectivity index is 2.78. The van der Waals surface area contributed by atoms with Gasteiger partial charge in [0, 0.05) is 12.7 Å². The zero-order valence-electron chi connectivity index (χ0n) is 10.9. The van der Waals surface area contributed by atoms with Crippen LogP contribution in [0.1, 0.15) is 17.2 Å². The van der Waals surface area contributed by atoms with Crippen molar-refractivity contribution in [3.05, 3.63) is 34.9 Å². The first-order valence-electron chi connectivity index (χ1n) is 5.80. The Labute approximate surface area is 106 Å². The van der Waals surface area contributed by atoms with Gasteiger partial charge < -0.3 is 14.8 Å². The molecule has 1 rings (SSSR count). The van der Waals surface area contributed by atoms with E-state index in [1.807, 2.05) is 0 Å². The van der Waals surface area contributed by atoms with Gasteiger partial charge in [0.25, 0.3) is 0 Å². The molecular formula is C13H19F2NO2. The summed E-state index contributed by atoms with van der Waals surface area (Å²) in [5, 5.41) is 2.86. The van der Waals surface area contributed by atoms with Crippen LogP contribution < -0.4 is 5.32 Å². The van der Waals surface area contributed by atoms with Gasteiger partial charge in [0.05, 0.1) is 25.9 Å². The maximum absolute atomic E-state index is 13.9. The van der Waals surface area contributed by atoms with Crippen LogP contribution in [-0.4, -0.2) is 34.0 Å². The fourth-order valence-corrected chi connectivity index (χ4v) is 1.65. The Morgan fingerprint density at radius 2 is 2.00 bits per heavy atom. The van der Waals surface area contributed by atoms with Gasteiger partial charge in [-0.2, -0.15) is 0 Å². The highest BCUT2D eigenvalue weighted by Gasteiger charge is 2.20. The van der Waals surface area contributed by atoms with Crippen LogP contribution in [0.5, 0.6) is 0 Å². The van der Waals surface area contributed by atoms with Crippen molar-refractivity contribution in [2.75, 3.05) is 34.0 Å². The van der Waals surface area contributed by atoms with Crippen LogP contribution in [0.15, 0.2) is 12.1 Å². The minimum Gasteiger partial charge on any atom is -0.382 e. The zero-order valence-corrected chi connectivity index (χ0v) is 10.9. The monoisotopic (exact) mass is 259 g/mol. The quantitative estimate of drug-likeness (QED) is 0.761. The van der Waals surface area contributed by atoms with E-state index in [4.69, 9.17) is 9.47 Å². The molecule has 1 aromatic carbocycles. The van der Waals surface area contributed by atoms with Crippen molar-refractivity contribution < 1.29 is 18.3 Å². The molecule has 0 spiro atoms. The van der Waals surface area contributed by atoms with E-state index in [0.29, 0.717) is 18.8 Å². The van der Waals surface area contributed by atoms with Crippen molar-refractivity contribution in [3.8, 4) is 0 Å². The number of halogens is 2. The molecule has 102 valence electrons. The van der Waals surface area contributed by atoms with Gasteiger partial charge in [0.15, 0.2) is 0 Å². The summed E-state index contributed by atoms with van der Waals surface area (Å²) in [6.07, 6.45) is 0. The average molecular weight is 259 g/mol. The van der Waals surface area contributed by atoms with Gasteiger partial charge in [0.2, 0.25) is 0 Å². The zero-order chi connectivity index (χ0) is 13.5. The predicted molar refractivity (Wildman–Crippen MR) is 65.6 cm³/mol. The molecule has 0 aliphatic carbocycles. The van der Waals surface area contributed by atoms with Gasteiger partial charge in [-0.25, -0.2) is 8.78 Å². The van der Waals surface area contributed by atoms with Gasteiger partial charge in [-0.3, -0.25) is 0 Å². The van der Waals surface area contributed by atoms with Crippen LogP contribution in [0.25, 0.3) is 0 Å². The van der Waals surface area contributed by atoms with Gasteiger partial charge in [-0.1, -0.05) is 6.07 Å². The van der Waals surface area contributed by atoms with Crippen LogP contribution in [0.4, 0.5) is 8.78 Å². The maximum Gasteiger partial charge on any atom is 0.133 e. The highest BCUT2D eigenvalue weighted by molar-refractivity contribution is 5.29. The summed E-state index contributed by atoms with van der Waals surface area (Å²) in [6, 6.07) is 2.18. The number of likely N-dealkylation sites (N-methyl/N-ethyl adjacent to an activating group) is 1. The van der Waals surface area contributed by atoms with Crippen LogP contribution in [0.2, 0.25) is 0 Å². The molecule has 0 amide bonds. The second-order valence-corrected chi connectivity index (χ2v) is 4.00. The van der Waals surface area contributed by atoms with E-state index in [1.54, 1.807) is 21.1 Å². The number of ether oxygens (including phenoxy) is 2. The van der Waals surface area contributed by atoms with E-state index >= 15 is 0 Å². The topological polar surface area (TPSA) is 30.5 Å². The minimum atomic E-state index is -0.562. The fraction of sp³-hybridized carbons (Fsp3) is 0.538. The van der Waals surface area contributed by atoms with Crippen molar-refractivity contribution in [2.24, 2.45) is 0 Å². The van der Waals surface area contributed by atoms with Crippen LogP contribution in [0, 0.1) is 18.6 Å². The molecule has 0 heterocycles. The number of rotatable bonds is 7. The van der Waals surface area contributed by atoms with E-state index in [9.17, 15) is 8.78 Å². The molecule has 0 bridgehead atoms. The number of aryl methyl sites for hydroxylation is 1. The van der Waals surface area contributed by atoms with Crippen molar-refractivity contribution in [3.63, 3.8) is 0 Å². The second kappa shape index (κ2) is 7.41. The van der Waals surface area contributed by atoms with Crippen molar-refractivity contribution in [1.29, 1.82) is 0 Å². The summed E-state index contributed by atoms with van der Waals surface area (Å²) in [5.74, 6) is -1.09.